The number of aliphatic hydroxyl groups is 1. The molecule has 0 aromatic heterocycles. The monoisotopic (exact) mass is 213 g/mol. The molecule has 0 saturated heterocycles. The fourth-order valence-corrected chi connectivity index (χ4v) is 1.84. The van der Waals surface area contributed by atoms with Crippen LogP contribution in [0.3, 0.4) is 0 Å². The molecule has 88 valence electrons. The number of aliphatic hydroxyl groups excluding tert-OH is 1. The first kappa shape index (κ1) is 12.7. The summed E-state index contributed by atoms with van der Waals surface area (Å²) in [5.41, 5.74) is 0. The van der Waals surface area contributed by atoms with E-state index >= 15 is 0 Å². The van der Waals surface area contributed by atoms with Crippen molar-refractivity contribution in [3.8, 4) is 0 Å². The molecule has 0 spiro atoms. The highest BCUT2D eigenvalue weighted by Gasteiger charge is 2.30. The maximum atomic E-state index is 9.52. The van der Waals surface area contributed by atoms with Gasteiger partial charge in [0.15, 0.2) is 0 Å². The van der Waals surface area contributed by atoms with Gasteiger partial charge in [0.25, 0.3) is 0 Å². The van der Waals surface area contributed by atoms with Gasteiger partial charge >= 0.3 is 0 Å². The largest absolute Gasteiger partial charge is 0.389 e. The fourth-order valence-electron chi connectivity index (χ4n) is 1.84. The molecular formula is C12H23NO2. The van der Waals surface area contributed by atoms with E-state index in [9.17, 15) is 5.11 Å². The Kier molecular flexibility index (Phi) is 5.91. The molecule has 1 saturated carbocycles. The Hall–Kier alpha value is -0.380. The SMILES string of the molecule is C=CCCC(NCC(O)COC)C1CC1. The highest BCUT2D eigenvalue weighted by molar-refractivity contribution is 4.88. The normalized spacial score (nSPS) is 19.9. The highest BCUT2D eigenvalue weighted by Crippen LogP contribution is 2.34. The summed E-state index contributed by atoms with van der Waals surface area (Å²) >= 11 is 0. The van der Waals surface area contributed by atoms with E-state index in [1.807, 2.05) is 6.08 Å². The minimum Gasteiger partial charge on any atom is -0.389 e. The molecule has 2 atom stereocenters. The van der Waals surface area contributed by atoms with E-state index < -0.39 is 0 Å². The molecule has 2 unspecified atom stereocenters. The number of hydrogen-bond acceptors (Lipinski definition) is 3. The van der Waals surface area contributed by atoms with Crippen LogP contribution < -0.4 is 5.32 Å². The zero-order valence-electron chi connectivity index (χ0n) is 9.61. The fraction of sp³-hybridized carbons (Fsp3) is 0.833. The average Bonchev–Trinajstić information content (AvgIpc) is 3.02. The van der Waals surface area contributed by atoms with Crippen LogP contribution in [0.2, 0.25) is 0 Å². The molecule has 0 aliphatic heterocycles. The lowest BCUT2D eigenvalue weighted by Gasteiger charge is -2.19. The van der Waals surface area contributed by atoms with Gasteiger partial charge < -0.3 is 15.2 Å². The molecule has 3 nitrogen and oxygen atoms in total. The summed E-state index contributed by atoms with van der Waals surface area (Å²) in [4.78, 5) is 0. The Morgan fingerprint density at radius 1 is 1.60 bits per heavy atom. The van der Waals surface area contributed by atoms with Crippen LogP contribution in [0.5, 0.6) is 0 Å². The minimum atomic E-state index is -0.389. The first-order valence-corrected chi connectivity index (χ1v) is 5.79. The van der Waals surface area contributed by atoms with Gasteiger partial charge in [-0.15, -0.1) is 6.58 Å². The number of nitrogens with one attached hydrogen (secondary N) is 1. The summed E-state index contributed by atoms with van der Waals surface area (Å²) in [6.07, 6.45) is 6.41. The Balaban J connectivity index is 2.15. The van der Waals surface area contributed by atoms with E-state index in [4.69, 9.17) is 4.74 Å². The molecule has 0 aromatic carbocycles. The van der Waals surface area contributed by atoms with E-state index in [0.717, 1.165) is 18.8 Å². The van der Waals surface area contributed by atoms with Gasteiger partial charge in [-0.05, 0) is 31.6 Å². The first-order chi connectivity index (χ1) is 7.27. The van der Waals surface area contributed by atoms with E-state index in [1.54, 1.807) is 7.11 Å². The molecule has 0 amide bonds. The standard InChI is InChI=1S/C12H23NO2/c1-3-4-5-12(10-6-7-10)13-8-11(14)9-15-2/h3,10-14H,1,4-9H2,2H3. The Morgan fingerprint density at radius 2 is 2.33 bits per heavy atom. The van der Waals surface area contributed by atoms with Gasteiger partial charge in [0.05, 0.1) is 12.7 Å². The molecule has 1 aliphatic rings. The van der Waals surface area contributed by atoms with Crippen LogP contribution in [-0.4, -0.2) is 37.5 Å². The predicted molar refractivity (Wildman–Crippen MR) is 61.8 cm³/mol. The van der Waals surface area contributed by atoms with E-state index in [-0.39, 0.29) is 6.10 Å². The highest BCUT2D eigenvalue weighted by atomic mass is 16.5. The topological polar surface area (TPSA) is 41.5 Å². The molecule has 0 heterocycles. The van der Waals surface area contributed by atoms with Crippen molar-refractivity contribution in [1.82, 2.24) is 5.32 Å². The Morgan fingerprint density at radius 3 is 2.87 bits per heavy atom. The van der Waals surface area contributed by atoms with E-state index in [1.165, 1.54) is 12.8 Å². The van der Waals surface area contributed by atoms with Gasteiger partial charge in [-0.1, -0.05) is 6.08 Å². The molecule has 15 heavy (non-hydrogen) atoms. The van der Waals surface area contributed by atoms with Crippen LogP contribution in [0.1, 0.15) is 25.7 Å². The Labute approximate surface area is 92.5 Å². The van der Waals surface area contributed by atoms with Crippen LogP contribution in [0.4, 0.5) is 0 Å². The minimum absolute atomic E-state index is 0.389. The molecule has 1 fully saturated rings. The van der Waals surface area contributed by atoms with E-state index in [0.29, 0.717) is 19.2 Å². The lowest BCUT2D eigenvalue weighted by Crippen LogP contribution is -2.38. The number of ether oxygens (including phenoxy) is 1. The molecule has 0 aromatic rings. The van der Waals surface area contributed by atoms with Gasteiger partial charge in [-0.2, -0.15) is 0 Å². The van der Waals surface area contributed by atoms with Crippen LogP contribution in [0, 0.1) is 5.92 Å². The van der Waals surface area contributed by atoms with Gasteiger partial charge in [-0.25, -0.2) is 0 Å². The maximum Gasteiger partial charge on any atom is 0.0897 e. The second-order valence-electron chi connectivity index (χ2n) is 4.33. The van der Waals surface area contributed by atoms with Crippen molar-refractivity contribution < 1.29 is 9.84 Å². The maximum absolute atomic E-state index is 9.52. The second kappa shape index (κ2) is 6.99. The summed E-state index contributed by atoms with van der Waals surface area (Å²) < 4.78 is 4.89. The number of methoxy groups -OCH3 is 1. The third kappa shape index (κ3) is 5.30. The summed E-state index contributed by atoms with van der Waals surface area (Å²) in [6.45, 7) is 4.78. The van der Waals surface area contributed by atoms with Gasteiger partial charge in [0.1, 0.15) is 0 Å². The lowest BCUT2D eigenvalue weighted by molar-refractivity contribution is 0.0620. The molecular weight excluding hydrogens is 190 g/mol. The van der Waals surface area contributed by atoms with Crippen molar-refractivity contribution in [3.63, 3.8) is 0 Å². The van der Waals surface area contributed by atoms with Crippen LogP contribution in [0.25, 0.3) is 0 Å². The molecule has 1 rings (SSSR count). The average molecular weight is 213 g/mol. The zero-order chi connectivity index (χ0) is 11.1. The molecule has 3 heteroatoms. The van der Waals surface area contributed by atoms with Gasteiger partial charge in [0, 0.05) is 19.7 Å². The molecule has 1 aliphatic carbocycles. The zero-order valence-corrected chi connectivity index (χ0v) is 9.61. The molecule has 2 N–H and O–H groups in total. The summed E-state index contributed by atoms with van der Waals surface area (Å²) in [7, 11) is 1.61. The first-order valence-electron chi connectivity index (χ1n) is 5.79. The van der Waals surface area contributed by atoms with Crippen LogP contribution in [0.15, 0.2) is 12.7 Å². The summed E-state index contributed by atoms with van der Waals surface area (Å²) in [5, 5.41) is 12.9. The second-order valence-corrected chi connectivity index (χ2v) is 4.33. The smallest absolute Gasteiger partial charge is 0.0897 e. The lowest BCUT2D eigenvalue weighted by atomic mass is 10.1. The van der Waals surface area contributed by atoms with Crippen molar-refractivity contribution >= 4 is 0 Å². The predicted octanol–water partition coefficient (Wildman–Crippen LogP) is 1.33. The van der Waals surface area contributed by atoms with Crippen LogP contribution >= 0.6 is 0 Å². The third-order valence-electron chi connectivity index (χ3n) is 2.85. The van der Waals surface area contributed by atoms with Crippen LogP contribution in [-0.2, 0) is 4.74 Å². The van der Waals surface area contributed by atoms with Crippen molar-refractivity contribution in [2.24, 2.45) is 5.92 Å². The summed E-state index contributed by atoms with van der Waals surface area (Å²) in [5.74, 6) is 0.819. The number of allylic oxidation sites excluding steroid dienone is 1. The van der Waals surface area contributed by atoms with Crippen molar-refractivity contribution in [3.05, 3.63) is 12.7 Å². The van der Waals surface area contributed by atoms with Gasteiger partial charge in [0.2, 0.25) is 0 Å². The number of rotatable bonds is 9. The van der Waals surface area contributed by atoms with Crippen molar-refractivity contribution in [2.75, 3.05) is 20.3 Å². The quantitative estimate of drug-likeness (QED) is 0.568. The molecule has 0 bridgehead atoms. The third-order valence-corrected chi connectivity index (χ3v) is 2.85. The van der Waals surface area contributed by atoms with Crippen molar-refractivity contribution in [1.29, 1.82) is 0 Å². The van der Waals surface area contributed by atoms with Crippen molar-refractivity contribution in [2.45, 2.75) is 37.8 Å². The van der Waals surface area contributed by atoms with E-state index in [2.05, 4.69) is 11.9 Å². The number of hydrogen-bond donors (Lipinski definition) is 2. The van der Waals surface area contributed by atoms with Gasteiger partial charge in [-0.3, -0.25) is 0 Å². The molecule has 0 radical (unpaired) electrons. The Bertz CT molecular complexity index is 180. The summed E-state index contributed by atoms with van der Waals surface area (Å²) in [6, 6.07) is 0.550.